The van der Waals surface area contributed by atoms with Crippen LogP contribution in [-0.2, 0) is 27.3 Å². The Balaban J connectivity index is 1.48. The average molecular weight is 490 g/mol. The Morgan fingerprint density at radius 1 is 1.08 bits per heavy atom. The normalized spacial score (nSPS) is 19.0. The average Bonchev–Trinajstić information content (AvgIpc) is 3.67. The van der Waals surface area contributed by atoms with Gasteiger partial charge in [0.15, 0.2) is 0 Å². The first-order valence-corrected chi connectivity index (χ1v) is 13.2. The summed E-state index contributed by atoms with van der Waals surface area (Å²) in [5.41, 5.74) is 3.54. The summed E-state index contributed by atoms with van der Waals surface area (Å²) in [5, 5.41) is 11.7. The number of benzene rings is 2. The lowest BCUT2D eigenvalue weighted by Gasteiger charge is -2.34. The maximum absolute atomic E-state index is 13.9. The fraction of sp³-hybridized carbons (Fsp3) is 0.500. The molecule has 2 atom stereocenters. The Morgan fingerprint density at radius 3 is 2.58 bits per heavy atom. The summed E-state index contributed by atoms with van der Waals surface area (Å²) >= 11 is 0. The van der Waals surface area contributed by atoms with Gasteiger partial charge in [-0.3, -0.25) is 9.59 Å². The van der Waals surface area contributed by atoms with Crippen LogP contribution in [0.15, 0.2) is 48.5 Å². The number of amides is 2. The fourth-order valence-corrected chi connectivity index (χ4v) is 5.37. The van der Waals surface area contributed by atoms with Crippen molar-refractivity contribution in [2.24, 2.45) is 0 Å². The predicted octanol–water partition coefficient (Wildman–Crippen LogP) is 3.80. The van der Waals surface area contributed by atoms with E-state index < -0.39 is 6.04 Å². The second-order valence-electron chi connectivity index (χ2n) is 9.90. The van der Waals surface area contributed by atoms with E-state index in [1.165, 1.54) is 5.56 Å². The molecule has 5 rings (SSSR count). The van der Waals surface area contributed by atoms with Crippen LogP contribution in [0.2, 0.25) is 0 Å². The molecular weight excluding hydrogens is 454 g/mol. The van der Waals surface area contributed by atoms with Crippen LogP contribution < -0.4 is 5.32 Å². The smallest absolute Gasteiger partial charge is 0.247 e. The molecule has 8 nitrogen and oxygen atoms in total. The van der Waals surface area contributed by atoms with E-state index in [9.17, 15) is 9.59 Å². The molecule has 8 heteroatoms. The third-order valence-corrected chi connectivity index (χ3v) is 7.42. The quantitative estimate of drug-likeness (QED) is 0.494. The third-order valence-electron chi connectivity index (χ3n) is 7.42. The first kappa shape index (κ1) is 24.4. The summed E-state index contributed by atoms with van der Waals surface area (Å²) < 4.78 is 7.53. The second-order valence-corrected chi connectivity index (χ2v) is 9.90. The summed E-state index contributed by atoms with van der Waals surface area (Å²) in [6.45, 7) is 3.16. The number of aromatic nitrogens is 3. The molecule has 0 bridgehead atoms. The molecule has 1 aliphatic heterocycles. The second kappa shape index (κ2) is 11.2. The van der Waals surface area contributed by atoms with Crippen molar-refractivity contribution in [1.82, 2.24) is 25.2 Å². The largest absolute Gasteiger partial charge is 0.376 e. The topological polar surface area (TPSA) is 89.4 Å². The van der Waals surface area contributed by atoms with Crippen LogP contribution in [0.4, 0.5) is 0 Å². The minimum atomic E-state index is -0.733. The van der Waals surface area contributed by atoms with Gasteiger partial charge >= 0.3 is 0 Å². The number of rotatable bonds is 9. The standard InChI is InChI=1S/C28H35N5O3/c1-2-20-13-15-21(16-14-20)27(28(35)29-22-8-3-4-9-22)32(18-23-10-7-17-36-23)26(34)19-33-25-12-6-5-11-24(25)30-31-33/h5-6,11-16,22-23,27H,2-4,7-10,17-19H2,1H3,(H,29,35)/t23-,27-/m0/s1. The minimum absolute atomic E-state index is 0.00743. The molecule has 1 N–H and O–H groups in total. The van der Waals surface area contributed by atoms with E-state index in [1.54, 1.807) is 9.58 Å². The van der Waals surface area contributed by atoms with E-state index in [0.717, 1.165) is 61.5 Å². The fourth-order valence-electron chi connectivity index (χ4n) is 5.37. The molecule has 1 aliphatic carbocycles. The lowest BCUT2D eigenvalue weighted by atomic mass is 10.00. The number of nitrogens with zero attached hydrogens (tertiary/aromatic N) is 4. The number of ether oxygens (including phenoxy) is 1. The highest BCUT2D eigenvalue weighted by Crippen LogP contribution is 2.27. The van der Waals surface area contributed by atoms with E-state index in [4.69, 9.17) is 4.74 Å². The number of para-hydroxylation sites is 1. The Hall–Kier alpha value is -3.26. The van der Waals surface area contributed by atoms with E-state index in [0.29, 0.717) is 13.2 Å². The maximum Gasteiger partial charge on any atom is 0.247 e. The molecule has 1 aromatic heterocycles. The minimum Gasteiger partial charge on any atom is -0.376 e. The molecule has 2 aliphatic rings. The number of carbonyl (C=O) groups excluding carboxylic acids is 2. The van der Waals surface area contributed by atoms with Crippen molar-refractivity contribution < 1.29 is 14.3 Å². The number of hydrogen-bond acceptors (Lipinski definition) is 5. The Morgan fingerprint density at radius 2 is 1.86 bits per heavy atom. The van der Waals surface area contributed by atoms with Gasteiger partial charge in [-0.25, -0.2) is 4.68 Å². The van der Waals surface area contributed by atoms with Crippen LogP contribution in [0, 0.1) is 0 Å². The molecule has 2 amide bonds. The lowest BCUT2D eigenvalue weighted by Crippen LogP contribution is -2.49. The van der Waals surface area contributed by atoms with Crippen molar-refractivity contribution in [3.8, 4) is 0 Å². The molecule has 0 unspecified atom stereocenters. The molecule has 36 heavy (non-hydrogen) atoms. The van der Waals surface area contributed by atoms with Gasteiger partial charge in [-0.1, -0.05) is 61.4 Å². The number of carbonyl (C=O) groups is 2. The number of fused-ring (bicyclic) bond motifs is 1. The molecular formula is C28H35N5O3. The number of hydrogen-bond donors (Lipinski definition) is 1. The molecule has 1 saturated heterocycles. The van der Waals surface area contributed by atoms with E-state index in [1.807, 2.05) is 48.5 Å². The molecule has 190 valence electrons. The van der Waals surface area contributed by atoms with Crippen molar-refractivity contribution >= 4 is 22.8 Å². The predicted molar refractivity (Wildman–Crippen MR) is 137 cm³/mol. The molecule has 2 aromatic carbocycles. The van der Waals surface area contributed by atoms with Crippen LogP contribution in [0.1, 0.15) is 62.6 Å². The highest BCUT2D eigenvalue weighted by molar-refractivity contribution is 5.89. The molecule has 2 fully saturated rings. The van der Waals surface area contributed by atoms with Crippen LogP contribution in [-0.4, -0.2) is 57.0 Å². The van der Waals surface area contributed by atoms with Crippen molar-refractivity contribution in [3.05, 3.63) is 59.7 Å². The molecule has 0 spiro atoms. The van der Waals surface area contributed by atoms with Gasteiger partial charge < -0.3 is 15.0 Å². The van der Waals surface area contributed by atoms with Crippen molar-refractivity contribution in [3.63, 3.8) is 0 Å². The van der Waals surface area contributed by atoms with E-state index in [-0.39, 0.29) is 30.5 Å². The van der Waals surface area contributed by atoms with Gasteiger partial charge in [-0.15, -0.1) is 5.10 Å². The maximum atomic E-state index is 13.9. The zero-order valence-electron chi connectivity index (χ0n) is 20.9. The molecule has 0 radical (unpaired) electrons. The van der Waals surface area contributed by atoms with Crippen LogP contribution in [0.3, 0.4) is 0 Å². The monoisotopic (exact) mass is 489 g/mol. The Kier molecular flexibility index (Phi) is 7.60. The van der Waals surface area contributed by atoms with Gasteiger partial charge in [0.2, 0.25) is 11.8 Å². The Bertz CT molecular complexity index is 1180. The van der Waals surface area contributed by atoms with Gasteiger partial charge in [0.05, 0.1) is 11.6 Å². The first-order chi connectivity index (χ1) is 17.6. The molecule has 1 saturated carbocycles. The van der Waals surface area contributed by atoms with Gasteiger partial charge in [-0.05, 0) is 55.4 Å². The van der Waals surface area contributed by atoms with Crippen molar-refractivity contribution in [1.29, 1.82) is 0 Å². The van der Waals surface area contributed by atoms with Crippen LogP contribution in [0.25, 0.3) is 11.0 Å². The summed E-state index contributed by atoms with van der Waals surface area (Å²) in [4.78, 5) is 29.4. The summed E-state index contributed by atoms with van der Waals surface area (Å²) in [5.74, 6) is -0.298. The van der Waals surface area contributed by atoms with Gasteiger partial charge in [0, 0.05) is 19.2 Å². The van der Waals surface area contributed by atoms with E-state index >= 15 is 0 Å². The van der Waals surface area contributed by atoms with Gasteiger partial charge in [0.1, 0.15) is 18.1 Å². The SMILES string of the molecule is CCc1ccc([C@@H](C(=O)NC2CCCC2)N(C[C@@H]2CCCO2)C(=O)Cn2nnc3ccccc32)cc1. The zero-order valence-corrected chi connectivity index (χ0v) is 20.9. The van der Waals surface area contributed by atoms with Gasteiger partial charge in [0.25, 0.3) is 0 Å². The highest BCUT2D eigenvalue weighted by Gasteiger charge is 2.35. The van der Waals surface area contributed by atoms with E-state index in [2.05, 4.69) is 22.6 Å². The first-order valence-electron chi connectivity index (χ1n) is 13.2. The lowest BCUT2D eigenvalue weighted by molar-refractivity contribution is -0.143. The van der Waals surface area contributed by atoms with Crippen LogP contribution >= 0.6 is 0 Å². The van der Waals surface area contributed by atoms with Crippen LogP contribution in [0.5, 0.6) is 0 Å². The number of nitrogens with one attached hydrogen (secondary N) is 1. The molecule has 2 heterocycles. The number of aryl methyl sites for hydroxylation is 1. The van der Waals surface area contributed by atoms with Gasteiger partial charge in [-0.2, -0.15) is 0 Å². The summed E-state index contributed by atoms with van der Waals surface area (Å²) in [6.07, 6.45) is 6.88. The van der Waals surface area contributed by atoms with Crippen molar-refractivity contribution in [2.45, 2.75) is 76.6 Å². The highest BCUT2D eigenvalue weighted by atomic mass is 16.5. The summed E-state index contributed by atoms with van der Waals surface area (Å²) in [6, 6.07) is 15.1. The zero-order chi connectivity index (χ0) is 24.9. The summed E-state index contributed by atoms with van der Waals surface area (Å²) in [7, 11) is 0. The Labute approximate surface area is 212 Å². The van der Waals surface area contributed by atoms with Crippen molar-refractivity contribution in [2.75, 3.05) is 13.2 Å². The molecule has 3 aromatic rings. The third kappa shape index (κ3) is 5.43.